The predicted molar refractivity (Wildman–Crippen MR) is 76.6 cm³/mol. The molecule has 0 saturated heterocycles. The highest BCUT2D eigenvalue weighted by Crippen LogP contribution is 2.32. The van der Waals surface area contributed by atoms with Crippen molar-refractivity contribution in [1.29, 1.82) is 0 Å². The van der Waals surface area contributed by atoms with Gasteiger partial charge in [0.2, 0.25) is 0 Å². The number of aromatic carboxylic acids is 1. The molecule has 0 saturated carbocycles. The summed E-state index contributed by atoms with van der Waals surface area (Å²) in [4.78, 5) is 21.2. The van der Waals surface area contributed by atoms with E-state index in [1.165, 1.54) is 18.2 Å². The molecule has 21 heavy (non-hydrogen) atoms. The Morgan fingerprint density at radius 3 is 2.43 bits per heavy atom. The van der Waals surface area contributed by atoms with Crippen LogP contribution in [0.25, 0.3) is 0 Å². The standard InChI is InChI=1S/C13H7Cl2NO5/c14-10-4-2-8(6-11(10)15)21-12-5-7(16(19)20)1-3-9(12)13(17)18/h1-6H,(H,17,18). The molecule has 1 N–H and O–H groups in total. The van der Waals surface area contributed by atoms with Crippen molar-refractivity contribution in [3.8, 4) is 11.5 Å². The van der Waals surface area contributed by atoms with Gasteiger partial charge >= 0.3 is 5.97 Å². The number of ether oxygens (including phenoxy) is 1. The van der Waals surface area contributed by atoms with Gasteiger partial charge in [-0.2, -0.15) is 0 Å². The molecule has 0 aromatic heterocycles. The highest BCUT2D eigenvalue weighted by atomic mass is 35.5. The van der Waals surface area contributed by atoms with E-state index in [2.05, 4.69) is 0 Å². The fraction of sp³-hybridized carbons (Fsp3) is 0. The summed E-state index contributed by atoms with van der Waals surface area (Å²) in [6.45, 7) is 0. The van der Waals surface area contributed by atoms with E-state index in [1.54, 1.807) is 0 Å². The van der Waals surface area contributed by atoms with Crippen LogP contribution in [0, 0.1) is 10.1 Å². The summed E-state index contributed by atoms with van der Waals surface area (Å²) in [7, 11) is 0. The van der Waals surface area contributed by atoms with E-state index in [-0.39, 0.29) is 27.8 Å². The molecule has 0 spiro atoms. The zero-order chi connectivity index (χ0) is 15.6. The SMILES string of the molecule is O=C(O)c1ccc([N+](=O)[O-])cc1Oc1ccc(Cl)c(Cl)c1. The largest absolute Gasteiger partial charge is 0.478 e. The van der Waals surface area contributed by atoms with Gasteiger partial charge in [-0.25, -0.2) is 4.79 Å². The lowest BCUT2D eigenvalue weighted by Crippen LogP contribution is -2.01. The zero-order valence-corrected chi connectivity index (χ0v) is 11.8. The van der Waals surface area contributed by atoms with Crippen LogP contribution in [0.5, 0.6) is 11.5 Å². The Kier molecular flexibility index (Phi) is 4.30. The Labute approximate surface area is 128 Å². The molecule has 0 radical (unpaired) electrons. The molecule has 0 atom stereocenters. The second-order valence-electron chi connectivity index (χ2n) is 3.92. The molecule has 2 aromatic rings. The number of hydrogen-bond acceptors (Lipinski definition) is 4. The van der Waals surface area contributed by atoms with Gasteiger partial charge in [0.15, 0.2) is 0 Å². The number of nitro groups is 1. The van der Waals surface area contributed by atoms with E-state index in [0.717, 1.165) is 18.2 Å². The third-order valence-electron chi connectivity index (χ3n) is 2.53. The molecule has 0 aliphatic carbocycles. The number of halogens is 2. The first kappa shape index (κ1) is 15.1. The number of hydrogen-bond donors (Lipinski definition) is 1. The molecule has 0 fully saturated rings. The minimum Gasteiger partial charge on any atom is -0.478 e. The van der Waals surface area contributed by atoms with Crippen molar-refractivity contribution in [2.24, 2.45) is 0 Å². The maximum absolute atomic E-state index is 11.1. The normalized spacial score (nSPS) is 10.2. The number of nitrogens with zero attached hydrogens (tertiary/aromatic N) is 1. The molecule has 0 heterocycles. The molecular formula is C13H7Cl2NO5. The van der Waals surface area contributed by atoms with Crippen LogP contribution < -0.4 is 4.74 Å². The number of carboxylic acids is 1. The average molecular weight is 328 g/mol. The number of nitro benzene ring substituents is 1. The van der Waals surface area contributed by atoms with Gasteiger partial charge in [-0.1, -0.05) is 23.2 Å². The minimum absolute atomic E-state index is 0.157. The van der Waals surface area contributed by atoms with E-state index in [9.17, 15) is 14.9 Å². The van der Waals surface area contributed by atoms with Crippen LogP contribution in [0.1, 0.15) is 10.4 Å². The third-order valence-corrected chi connectivity index (χ3v) is 3.26. The second kappa shape index (κ2) is 5.99. The number of carbonyl (C=O) groups is 1. The van der Waals surface area contributed by atoms with E-state index < -0.39 is 10.9 Å². The van der Waals surface area contributed by atoms with Gasteiger partial charge in [0.05, 0.1) is 21.0 Å². The summed E-state index contributed by atoms with van der Waals surface area (Å²) in [6.07, 6.45) is 0. The molecule has 108 valence electrons. The van der Waals surface area contributed by atoms with Gasteiger partial charge in [0.1, 0.15) is 17.1 Å². The highest BCUT2D eigenvalue weighted by Gasteiger charge is 2.17. The van der Waals surface area contributed by atoms with Crippen molar-refractivity contribution in [1.82, 2.24) is 0 Å². The second-order valence-corrected chi connectivity index (χ2v) is 4.74. The van der Waals surface area contributed by atoms with Crippen LogP contribution in [0.4, 0.5) is 5.69 Å². The lowest BCUT2D eigenvalue weighted by Gasteiger charge is -2.09. The Balaban J connectivity index is 2.45. The first-order valence-corrected chi connectivity index (χ1v) is 6.28. The highest BCUT2D eigenvalue weighted by molar-refractivity contribution is 6.42. The fourth-order valence-electron chi connectivity index (χ4n) is 1.55. The maximum Gasteiger partial charge on any atom is 0.339 e. The van der Waals surface area contributed by atoms with Crippen LogP contribution in [0.3, 0.4) is 0 Å². The Morgan fingerprint density at radius 1 is 1.14 bits per heavy atom. The topological polar surface area (TPSA) is 89.7 Å². The van der Waals surface area contributed by atoms with Crippen molar-refractivity contribution in [3.63, 3.8) is 0 Å². The first-order chi connectivity index (χ1) is 9.88. The number of non-ortho nitro benzene ring substituents is 1. The van der Waals surface area contributed by atoms with Crippen molar-refractivity contribution in [2.75, 3.05) is 0 Å². The molecule has 0 bridgehead atoms. The quantitative estimate of drug-likeness (QED) is 0.664. The molecule has 2 aromatic carbocycles. The number of benzene rings is 2. The van der Waals surface area contributed by atoms with Gasteiger partial charge in [0, 0.05) is 12.1 Å². The van der Waals surface area contributed by atoms with Crippen LogP contribution >= 0.6 is 23.2 Å². The van der Waals surface area contributed by atoms with Gasteiger partial charge in [-0.05, 0) is 18.2 Å². The fourth-order valence-corrected chi connectivity index (χ4v) is 1.84. The van der Waals surface area contributed by atoms with Gasteiger partial charge in [0.25, 0.3) is 5.69 Å². The smallest absolute Gasteiger partial charge is 0.339 e. The molecular weight excluding hydrogens is 321 g/mol. The monoisotopic (exact) mass is 327 g/mol. The molecule has 0 aliphatic rings. The van der Waals surface area contributed by atoms with Crippen molar-refractivity contribution < 1.29 is 19.6 Å². The van der Waals surface area contributed by atoms with Crippen LogP contribution in [-0.4, -0.2) is 16.0 Å². The van der Waals surface area contributed by atoms with Crippen LogP contribution in [0.15, 0.2) is 36.4 Å². The first-order valence-electron chi connectivity index (χ1n) is 5.53. The van der Waals surface area contributed by atoms with E-state index in [4.69, 9.17) is 33.0 Å². The summed E-state index contributed by atoms with van der Waals surface area (Å²) >= 11 is 11.6. The van der Waals surface area contributed by atoms with Gasteiger partial charge in [-0.3, -0.25) is 10.1 Å². The maximum atomic E-state index is 11.1. The number of carboxylic acid groups (broad SMARTS) is 1. The van der Waals surface area contributed by atoms with Crippen molar-refractivity contribution in [2.45, 2.75) is 0 Å². The lowest BCUT2D eigenvalue weighted by molar-refractivity contribution is -0.384. The average Bonchev–Trinajstić information content (AvgIpc) is 2.42. The molecule has 8 heteroatoms. The molecule has 0 unspecified atom stereocenters. The van der Waals surface area contributed by atoms with Crippen molar-refractivity contribution in [3.05, 3.63) is 62.1 Å². The zero-order valence-electron chi connectivity index (χ0n) is 10.2. The Hall–Kier alpha value is -2.31. The van der Waals surface area contributed by atoms with E-state index in [0.29, 0.717) is 5.02 Å². The summed E-state index contributed by atoms with van der Waals surface area (Å²) in [6, 6.07) is 7.55. The molecule has 0 aliphatic heterocycles. The predicted octanol–water partition coefficient (Wildman–Crippen LogP) is 4.39. The minimum atomic E-state index is -1.26. The van der Waals surface area contributed by atoms with Gasteiger partial charge in [-0.15, -0.1) is 0 Å². The van der Waals surface area contributed by atoms with Crippen molar-refractivity contribution >= 4 is 34.9 Å². The van der Waals surface area contributed by atoms with Crippen LogP contribution in [-0.2, 0) is 0 Å². The summed E-state index contributed by atoms with van der Waals surface area (Å²) in [5.74, 6) is -1.21. The third kappa shape index (κ3) is 3.42. The molecule has 6 nitrogen and oxygen atoms in total. The lowest BCUT2D eigenvalue weighted by atomic mass is 10.2. The van der Waals surface area contributed by atoms with Gasteiger partial charge < -0.3 is 9.84 Å². The molecule has 0 amide bonds. The van der Waals surface area contributed by atoms with Crippen LogP contribution in [0.2, 0.25) is 10.0 Å². The Morgan fingerprint density at radius 2 is 1.86 bits per heavy atom. The Bertz CT molecular complexity index is 732. The summed E-state index contributed by atoms with van der Waals surface area (Å²) in [5, 5.41) is 20.4. The van der Waals surface area contributed by atoms with E-state index in [1.807, 2.05) is 0 Å². The number of rotatable bonds is 4. The molecule has 2 rings (SSSR count). The summed E-state index contributed by atoms with van der Waals surface area (Å²) in [5.41, 5.74) is -0.485. The summed E-state index contributed by atoms with van der Waals surface area (Å²) < 4.78 is 5.37. The van der Waals surface area contributed by atoms with E-state index >= 15 is 0 Å².